The van der Waals surface area contributed by atoms with Crippen molar-refractivity contribution >= 4 is 16.1 Å². The molecule has 1 aliphatic rings. The van der Waals surface area contributed by atoms with Crippen LogP contribution in [0.15, 0.2) is 53.4 Å². The van der Waals surface area contributed by atoms with Gasteiger partial charge in [0.25, 0.3) is 0 Å². The van der Waals surface area contributed by atoms with E-state index in [4.69, 9.17) is 0 Å². The molecule has 5 heteroatoms. The van der Waals surface area contributed by atoms with Crippen LogP contribution >= 0.6 is 0 Å². The first-order chi connectivity index (χ1) is 12.9. The Kier molecular flexibility index (Phi) is 6.15. The smallest absolute Gasteiger partial charge is 0.243 e. The Morgan fingerprint density at radius 1 is 0.889 bits per heavy atom. The molecule has 0 atom stereocenters. The van der Waals surface area contributed by atoms with Crippen LogP contribution in [0.1, 0.15) is 22.3 Å². The van der Waals surface area contributed by atoms with E-state index in [2.05, 4.69) is 29.2 Å². The average Bonchev–Trinajstić information content (AvgIpc) is 2.67. The Bertz CT molecular complexity index is 913. The highest BCUT2D eigenvalue weighted by Gasteiger charge is 2.29. The van der Waals surface area contributed by atoms with E-state index >= 15 is 0 Å². The van der Waals surface area contributed by atoms with E-state index in [1.54, 1.807) is 10.4 Å². The van der Waals surface area contributed by atoms with Crippen molar-refractivity contribution in [2.45, 2.75) is 25.7 Å². The third-order valence-corrected chi connectivity index (χ3v) is 7.47. The molecule has 1 aliphatic heterocycles. The zero-order valence-electron chi connectivity index (χ0n) is 16.4. The number of nitrogens with zero attached hydrogens (tertiary/aromatic N) is 2. The van der Waals surface area contributed by atoms with Gasteiger partial charge in [-0.3, -0.25) is 4.90 Å². The van der Waals surface area contributed by atoms with Crippen LogP contribution in [0.2, 0.25) is 0 Å². The van der Waals surface area contributed by atoms with Crippen molar-refractivity contribution in [2.24, 2.45) is 0 Å². The summed E-state index contributed by atoms with van der Waals surface area (Å²) in [6.07, 6.45) is 4.26. The molecular formula is C22H28N2O2S. The van der Waals surface area contributed by atoms with Crippen LogP contribution in [0.3, 0.4) is 0 Å². The molecule has 1 saturated heterocycles. The molecule has 2 aromatic carbocycles. The first kappa shape index (κ1) is 19.8. The molecule has 1 fully saturated rings. The van der Waals surface area contributed by atoms with Crippen molar-refractivity contribution in [3.8, 4) is 0 Å². The molecule has 3 rings (SSSR count). The van der Waals surface area contributed by atoms with Gasteiger partial charge in [0.05, 0.1) is 4.90 Å². The molecule has 0 spiro atoms. The van der Waals surface area contributed by atoms with Gasteiger partial charge in [0.15, 0.2) is 0 Å². The predicted octanol–water partition coefficient (Wildman–Crippen LogP) is 3.63. The summed E-state index contributed by atoms with van der Waals surface area (Å²) in [7, 11) is -3.43. The van der Waals surface area contributed by atoms with Crippen LogP contribution < -0.4 is 0 Å². The molecular weight excluding hydrogens is 356 g/mol. The van der Waals surface area contributed by atoms with Crippen molar-refractivity contribution in [1.29, 1.82) is 0 Å². The summed E-state index contributed by atoms with van der Waals surface area (Å²) in [5, 5.41) is 0. The van der Waals surface area contributed by atoms with Crippen molar-refractivity contribution in [3.05, 3.63) is 70.8 Å². The highest BCUT2D eigenvalue weighted by atomic mass is 32.2. The van der Waals surface area contributed by atoms with Gasteiger partial charge in [0.1, 0.15) is 0 Å². The van der Waals surface area contributed by atoms with Gasteiger partial charge in [-0.05, 0) is 49.1 Å². The zero-order chi connectivity index (χ0) is 19.4. The standard InChI is InChI=1S/C22H28N2O2S/c1-18-11-12-22(20(3)19(18)2)27(25,26)24-16-14-23(15-17-24)13-7-10-21-8-5-4-6-9-21/h4-12H,13-17H2,1-3H3/b10-7-. The summed E-state index contributed by atoms with van der Waals surface area (Å²) >= 11 is 0. The lowest BCUT2D eigenvalue weighted by Crippen LogP contribution is -2.48. The van der Waals surface area contributed by atoms with E-state index in [0.717, 1.165) is 36.3 Å². The monoisotopic (exact) mass is 384 g/mol. The van der Waals surface area contributed by atoms with Gasteiger partial charge in [-0.25, -0.2) is 8.42 Å². The first-order valence-electron chi connectivity index (χ1n) is 9.40. The van der Waals surface area contributed by atoms with Gasteiger partial charge in [-0.2, -0.15) is 4.31 Å². The maximum Gasteiger partial charge on any atom is 0.243 e. The molecule has 0 N–H and O–H groups in total. The largest absolute Gasteiger partial charge is 0.297 e. The Hall–Kier alpha value is -1.95. The van der Waals surface area contributed by atoms with Gasteiger partial charge in [0.2, 0.25) is 10.0 Å². The summed E-state index contributed by atoms with van der Waals surface area (Å²) in [4.78, 5) is 2.74. The number of piperazine rings is 1. The molecule has 0 aromatic heterocycles. The Morgan fingerprint density at radius 3 is 2.22 bits per heavy atom. The second kappa shape index (κ2) is 8.38. The number of aryl methyl sites for hydroxylation is 1. The van der Waals surface area contributed by atoms with E-state index in [0.29, 0.717) is 18.0 Å². The number of sulfonamides is 1. The SMILES string of the molecule is Cc1ccc(S(=O)(=O)N2CCN(C/C=C\c3ccccc3)CC2)c(C)c1C. The molecule has 0 saturated carbocycles. The van der Waals surface area contributed by atoms with Crippen molar-refractivity contribution in [1.82, 2.24) is 9.21 Å². The van der Waals surface area contributed by atoms with E-state index in [-0.39, 0.29) is 0 Å². The Balaban J connectivity index is 1.61. The summed E-state index contributed by atoms with van der Waals surface area (Å²) in [6.45, 7) is 9.32. The number of hydrogen-bond donors (Lipinski definition) is 0. The molecule has 4 nitrogen and oxygen atoms in total. The fourth-order valence-electron chi connectivity index (χ4n) is 3.40. The summed E-state index contributed by atoms with van der Waals surface area (Å²) < 4.78 is 27.8. The fourth-order valence-corrected chi connectivity index (χ4v) is 5.11. The maximum atomic E-state index is 13.1. The van der Waals surface area contributed by atoms with Gasteiger partial charge in [0, 0.05) is 32.7 Å². The summed E-state index contributed by atoms with van der Waals surface area (Å²) in [6, 6.07) is 13.9. The normalized spacial score (nSPS) is 16.9. The van der Waals surface area contributed by atoms with Gasteiger partial charge in [-0.1, -0.05) is 48.6 Å². The minimum absolute atomic E-state index is 0.447. The maximum absolute atomic E-state index is 13.1. The molecule has 0 radical (unpaired) electrons. The molecule has 0 aliphatic carbocycles. The number of hydrogen-bond acceptors (Lipinski definition) is 3. The molecule has 0 bridgehead atoms. The van der Waals surface area contributed by atoms with Crippen LogP contribution in [0, 0.1) is 20.8 Å². The highest BCUT2D eigenvalue weighted by Crippen LogP contribution is 2.25. The first-order valence-corrected chi connectivity index (χ1v) is 10.8. The molecule has 144 valence electrons. The van der Waals surface area contributed by atoms with Gasteiger partial charge in [-0.15, -0.1) is 0 Å². The summed E-state index contributed by atoms with van der Waals surface area (Å²) in [5.74, 6) is 0. The number of benzene rings is 2. The second-order valence-electron chi connectivity index (χ2n) is 7.15. The minimum atomic E-state index is -3.43. The molecule has 2 aromatic rings. The Morgan fingerprint density at radius 2 is 1.56 bits per heavy atom. The molecule has 0 unspecified atom stereocenters. The molecule has 0 amide bonds. The van der Waals surface area contributed by atoms with Gasteiger partial charge >= 0.3 is 0 Å². The van der Waals surface area contributed by atoms with E-state index in [1.807, 2.05) is 45.0 Å². The lowest BCUT2D eigenvalue weighted by molar-refractivity contribution is 0.204. The van der Waals surface area contributed by atoms with Crippen molar-refractivity contribution in [3.63, 3.8) is 0 Å². The fraction of sp³-hybridized carbons (Fsp3) is 0.364. The topological polar surface area (TPSA) is 40.6 Å². The third-order valence-electron chi connectivity index (χ3n) is 5.43. The lowest BCUT2D eigenvalue weighted by Gasteiger charge is -2.33. The highest BCUT2D eigenvalue weighted by molar-refractivity contribution is 7.89. The van der Waals surface area contributed by atoms with Crippen LogP contribution in [0.4, 0.5) is 0 Å². The average molecular weight is 385 g/mol. The predicted molar refractivity (Wildman–Crippen MR) is 111 cm³/mol. The lowest BCUT2D eigenvalue weighted by atomic mass is 10.1. The van der Waals surface area contributed by atoms with Crippen molar-refractivity contribution in [2.75, 3.05) is 32.7 Å². The van der Waals surface area contributed by atoms with E-state index in [1.165, 1.54) is 5.56 Å². The van der Waals surface area contributed by atoms with Crippen LogP contribution in [-0.2, 0) is 10.0 Å². The van der Waals surface area contributed by atoms with E-state index < -0.39 is 10.0 Å². The van der Waals surface area contributed by atoms with Gasteiger partial charge < -0.3 is 0 Å². The van der Waals surface area contributed by atoms with Crippen LogP contribution in [0.5, 0.6) is 0 Å². The quantitative estimate of drug-likeness (QED) is 0.790. The third kappa shape index (κ3) is 4.49. The minimum Gasteiger partial charge on any atom is -0.297 e. The Labute approximate surface area is 163 Å². The number of rotatable bonds is 5. The summed E-state index contributed by atoms with van der Waals surface area (Å²) in [5.41, 5.74) is 4.23. The zero-order valence-corrected chi connectivity index (χ0v) is 17.2. The van der Waals surface area contributed by atoms with E-state index in [9.17, 15) is 8.42 Å². The van der Waals surface area contributed by atoms with Crippen molar-refractivity contribution < 1.29 is 8.42 Å². The van der Waals surface area contributed by atoms with Crippen LogP contribution in [0.25, 0.3) is 6.08 Å². The molecule has 27 heavy (non-hydrogen) atoms. The second-order valence-corrected chi connectivity index (χ2v) is 9.05. The van der Waals surface area contributed by atoms with Crippen LogP contribution in [-0.4, -0.2) is 50.3 Å². The molecule has 1 heterocycles.